The van der Waals surface area contributed by atoms with E-state index in [0.717, 1.165) is 5.56 Å². The molecule has 1 N–H and O–H groups in total. The zero-order valence-corrected chi connectivity index (χ0v) is 16.3. The van der Waals surface area contributed by atoms with Gasteiger partial charge >= 0.3 is 12.1 Å². The Morgan fingerprint density at radius 1 is 1.00 bits per heavy atom. The van der Waals surface area contributed by atoms with E-state index >= 15 is 0 Å². The summed E-state index contributed by atoms with van der Waals surface area (Å²) in [6.07, 6.45) is -0.927. The average Bonchev–Trinajstić information content (AvgIpc) is 2.50. The molecule has 0 saturated carbocycles. The maximum Gasteiger partial charge on any atom is 0.408 e. The second-order valence-electron chi connectivity index (χ2n) is 7.71. The summed E-state index contributed by atoms with van der Waals surface area (Å²) >= 11 is 0. The number of rotatable bonds is 6. The van der Waals surface area contributed by atoms with Gasteiger partial charge in [0.1, 0.15) is 17.7 Å². The van der Waals surface area contributed by atoms with Crippen LogP contribution in [0.15, 0.2) is 30.3 Å². The molecule has 0 aliphatic rings. The Labute approximate surface area is 151 Å². The largest absolute Gasteiger partial charge is 0.460 e. The molecular formula is C20H31NO4. The highest BCUT2D eigenvalue weighted by molar-refractivity contribution is 5.81. The molecule has 0 aliphatic heterocycles. The van der Waals surface area contributed by atoms with E-state index in [9.17, 15) is 9.59 Å². The highest BCUT2D eigenvalue weighted by Crippen LogP contribution is 2.22. The number of hydrogen-bond acceptors (Lipinski definition) is 4. The molecule has 2 unspecified atom stereocenters. The van der Waals surface area contributed by atoms with Crippen LogP contribution >= 0.6 is 0 Å². The number of carbonyl (C=O) groups is 2. The van der Waals surface area contributed by atoms with Crippen molar-refractivity contribution in [3.05, 3.63) is 35.9 Å². The van der Waals surface area contributed by atoms with E-state index in [1.165, 1.54) is 0 Å². The van der Waals surface area contributed by atoms with Crippen LogP contribution in [0.1, 0.15) is 59.9 Å². The molecule has 0 saturated heterocycles. The standard InChI is InChI=1S/C20H31NO4/c1-13(2)17(21-19(23)25-20(5,6)7)18(22)24-15(4)14(3)16-11-9-8-10-12-16/h8-15,17H,1-7H3,(H,21,23)/t14?,15?,17-/m0/s1. The van der Waals surface area contributed by atoms with E-state index < -0.39 is 23.7 Å². The Morgan fingerprint density at radius 2 is 1.56 bits per heavy atom. The smallest absolute Gasteiger partial charge is 0.408 e. The summed E-state index contributed by atoms with van der Waals surface area (Å²) < 4.78 is 10.8. The highest BCUT2D eigenvalue weighted by Gasteiger charge is 2.30. The van der Waals surface area contributed by atoms with Crippen molar-refractivity contribution in [3.8, 4) is 0 Å². The zero-order valence-electron chi connectivity index (χ0n) is 16.3. The van der Waals surface area contributed by atoms with Crippen LogP contribution in [-0.2, 0) is 14.3 Å². The summed E-state index contributed by atoms with van der Waals surface area (Å²) in [7, 11) is 0. The summed E-state index contributed by atoms with van der Waals surface area (Å²) in [5, 5.41) is 2.62. The SMILES string of the molecule is CC(OC(=O)[C@@H](NC(=O)OC(C)(C)C)C(C)C)C(C)c1ccccc1. The van der Waals surface area contributed by atoms with Crippen LogP contribution in [0.4, 0.5) is 4.79 Å². The number of ether oxygens (including phenoxy) is 2. The third-order valence-electron chi connectivity index (χ3n) is 3.92. The van der Waals surface area contributed by atoms with Crippen molar-refractivity contribution >= 4 is 12.1 Å². The maximum absolute atomic E-state index is 12.5. The van der Waals surface area contributed by atoms with Gasteiger partial charge in [-0.05, 0) is 39.2 Å². The topological polar surface area (TPSA) is 64.6 Å². The molecule has 140 valence electrons. The quantitative estimate of drug-likeness (QED) is 0.779. The predicted molar refractivity (Wildman–Crippen MR) is 98.4 cm³/mol. The average molecular weight is 349 g/mol. The van der Waals surface area contributed by atoms with E-state index in [4.69, 9.17) is 9.47 Å². The molecule has 5 nitrogen and oxygen atoms in total. The molecule has 0 radical (unpaired) electrons. The summed E-state index contributed by atoms with van der Waals surface area (Å²) in [5.41, 5.74) is 0.481. The number of alkyl carbamates (subject to hydrolysis) is 1. The summed E-state index contributed by atoms with van der Waals surface area (Å²) in [6.45, 7) is 12.9. The lowest BCUT2D eigenvalue weighted by Gasteiger charge is -2.27. The minimum absolute atomic E-state index is 0.0551. The number of amides is 1. The zero-order chi connectivity index (χ0) is 19.2. The van der Waals surface area contributed by atoms with Crippen LogP contribution < -0.4 is 5.32 Å². The first kappa shape index (κ1) is 21.0. The van der Waals surface area contributed by atoms with Gasteiger partial charge in [-0.3, -0.25) is 0 Å². The number of nitrogens with one attached hydrogen (secondary N) is 1. The first-order valence-electron chi connectivity index (χ1n) is 8.76. The van der Waals surface area contributed by atoms with E-state index in [2.05, 4.69) is 5.32 Å². The normalized spacial score (nSPS) is 15.2. The molecule has 1 aromatic carbocycles. The Bertz CT molecular complexity index is 563. The van der Waals surface area contributed by atoms with Gasteiger partial charge in [0.15, 0.2) is 0 Å². The van der Waals surface area contributed by atoms with Gasteiger partial charge in [0.05, 0.1) is 0 Å². The van der Waals surface area contributed by atoms with E-state index in [1.54, 1.807) is 20.8 Å². The van der Waals surface area contributed by atoms with Crippen LogP contribution in [0.2, 0.25) is 0 Å². The van der Waals surface area contributed by atoms with Gasteiger partial charge in [-0.15, -0.1) is 0 Å². The van der Waals surface area contributed by atoms with E-state index in [-0.39, 0.29) is 17.9 Å². The number of esters is 1. The highest BCUT2D eigenvalue weighted by atomic mass is 16.6. The van der Waals surface area contributed by atoms with E-state index in [0.29, 0.717) is 0 Å². The summed E-state index contributed by atoms with van der Waals surface area (Å²) in [4.78, 5) is 24.5. The molecule has 1 amide bonds. The van der Waals surface area contributed by atoms with Crippen LogP contribution in [-0.4, -0.2) is 29.8 Å². The second-order valence-corrected chi connectivity index (χ2v) is 7.71. The van der Waals surface area contributed by atoms with Gasteiger partial charge in [-0.2, -0.15) is 0 Å². The molecule has 0 bridgehead atoms. The monoisotopic (exact) mass is 349 g/mol. The van der Waals surface area contributed by atoms with Gasteiger partial charge in [0.25, 0.3) is 0 Å². The molecule has 25 heavy (non-hydrogen) atoms. The number of carbonyl (C=O) groups excluding carboxylic acids is 2. The van der Waals surface area contributed by atoms with Crippen LogP contribution in [0.3, 0.4) is 0 Å². The van der Waals surface area contributed by atoms with Crippen molar-refractivity contribution in [2.24, 2.45) is 5.92 Å². The molecule has 0 aromatic heterocycles. The lowest BCUT2D eigenvalue weighted by Crippen LogP contribution is -2.48. The minimum Gasteiger partial charge on any atom is -0.460 e. The van der Waals surface area contributed by atoms with Crippen molar-refractivity contribution in [1.82, 2.24) is 5.32 Å². The van der Waals surface area contributed by atoms with Gasteiger partial charge in [-0.1, -0.05) is 51.1 Å². The lowest BCUT2D eigenvalue weighted by molar-refractivity contribution is -0.153. The number of benzene rings is 1. The molecular weight excluding hydrogens is 318 g/mol. The van der Waals surface area contributed by atoms with Crippen LogP contribution in [0.5, 0.6) is 0 Å². The fourth-order valence-corrected chi connectivity index (χ4v) is 2.32. The van der Waals surface area contributed by atoms with Crippen molar-refractivity contribution < 1.29 is 19.1 Å². The minimum atomic E-state index is -0.750. The first-order valence-corrected chi connectivity index (χ1v) is 8.76. The third-order valence-corrected chi connectivity index (χ3v) is 3.92. The van der Waals surface area contributed by atoms with Gasteiger partial charge < -0.3 is 14.8 Å². The number of hydrogen-bond donors (Lipinski definition) is 1. The Morgan fingerprint density at radius 3 is 2.04 bits per heavy atom. The third kappa shape index (κ3) is 7.16. The Balaban J connectivity index is 2.71. The van der Waals surface area contributed by atoms with E-state index in [1.807, 2.05) is 58.0 Å². The van der Waals surface area contributed by atoms with Crippen molar-refractivity contribution in [2.75, 3.05) is 0 Å². The molecule has 5 heteroatoms. The predicted octanol–water partition coefficient (Wildman–Crippen LogP) is 4.27. The first-order chi connectivity index (χ1) is 11.5. The summed E-state index contributed by atoms with van der Waals surface area (Å²) in [6, 6.07) is 9.14. The molecule has 3 atom stereocenters. The molecule has 0 heterocycles. The molecule has 1 rings (SSSR count). The van der Waals surface area contributed by atoms with Crippen molar-refractivity contribution in [3.63, 3.8) is 0 Å². The van der Waals surface area contributed by atoms with Crippen LogP contribution in [0, 0.1) is 5.92 Å². The molecule has 0 spiro atoms. The van der Waals surface area contributed by atoms with Gasteiger partial charge in [0, 0.05) is 5.92 Å². The summed E-state index contributed by atoms with van der Waals surface area (Å²) in [5.74, 6) is -0.505. The van der Waals surface area contributed by atoms with Crippen LogP contribution in [0.25, 0.3) is 0 Å². The van der Waals surface area contributed by atoms with Crippen molar-refractivity contribution in [1.29, 1.82) is 0 Å². The Kier molecular flexibility index (Phi) is 7.46. The molecule has 0 aliphatic carbocycles. The second kappa shape index (κ2) is 8.88. The fourth-order valence-electron chi connectivity index (χ4n) is 2.32. The maximum atomic E-state index is 12.5. The van der Waals surface area contributed by atoms with Crippen molar-refractivity contribution in [2.45, 2.75) is 72.1 Å². The van der Waals surface area contributed by atoms with Gasteiger partial charge in [-0.25, -0.2) is 9.59 Å². The molecule has 1 aromatic rings. The lowest BCUT2D eigenvalue weighted by atomic mass is 9.96. The van der Waals surface area contributed by atoms with Gasteiger partial charge in [0.2, 0.25) is 0 Å². The molecule has 0 fully saturated rings. The Hall–Kier alpha value is -2.04. The fraction of sp³-hybridized carbons (Fsp3) is 0.600.